The van der Waals surface area contributed by atoms with Crippen molar-refractivity contribution in [2.45, 2.75) is 31.7 Å². The van der Waals surface area contributed by atoms with E-state index < -0.39 is 6.04 Å². The van der Waals surface area contributed by atoms with Crippen LogP contribution < -0.4 is 15.4 Å². The number of phenolic OH excluding ortho intramolecular Hbond substituents is 1. The SMILES string of the molecule is CCOc1cc([C@H]2Nc3ccccc3NC3=C2C(=O)C[C@H](c2cccs2)C3)cc(Cl)c1O. The smallest absolute Gasteiger partial charge is 0.176 e. The van der Waals surface area contributed by atoms with Gasteiger partial charge in [0, 0.05) is 28.5 Å². The number of nitrogens with one attached hydrogen (secondary N) is 2. The monoisotopic (exact) mass is 466 g/mol. The van der Waals surface area contributed by atoms with E-state index in [1.807, 2.05) is 37.3 Å². The van der Waals surface area contributed by atoms with E-state index >= 15 is 0 Å². The van der Waals surface area contributed by atoms with E-state index in [4.69, 9.17) is 16.3 Å². The third-order valence-electron chi connectivity index (χ3n) is 5.94. The Morgan fingerprint density at radius 3 is 2.72 bits per heavy atom. The summed E-state index contributed by atoms with van der Waals surface area (Å²) in [6.07, 6.45) is 1.21. The molecule has 0 unspecified atom stereocenters. The van der Waals surface area contributed by atoms with Gasteiger partial charge < -0.3 is 20.5 Å². The van der Waals surface area contributed by atoms with E-state index in [0.717, 1.165) is 29.1 Å². The van der Waals surface area contributed by atoms with Gasteiger partial charge in [0.05, 0.1) is 29.0 Å². The predicted octanol–water partition coefficient (Wildman–Crippen LogP) is 6.49. The zero-order valence-electron chi connectivity index (χ0n) is 17.5. The number of ether oxygens (including phenoxy) is 1. The fraction of sp³-hybridized carbons (Fsp3) is 0.240. The third kappa shape index (κ3) is 3.74. The molecule has 164 valence electrons. The molecule has 32 heavy (non-hydrogen) atoms. The van der Waals surface area contributed by atoms with Gasteiger partial charge in [-0.3, -0.25) is 4.79 Å². The maximum Gasteiger partial charge on any atom is 0.176 e. The number of fused-ring (bicyclic) bond motifs is 1. The highest BCUT2D eigenvalue weighted by atomic mass is 35.5. The van der Waals surface area contributed by atoms with Gasteiger partial charge in [-0.15, -0.1) is 11.3 Å². The minimum atomic E-state index is -0.421. The predicted molar refractivity (Wildman–Crippen MR) is 129 cm³/mol. The summed E-state index contributed by atoms with van der Waals surface area (Å²) in [5.41, 5.74) is 4.22. The van der Waals surface area contributed by atoms with Crippen LogP contribution in [-0.4, -0.2) is 17.5 Å². The number of Topliss-reactive ketones (excluding diaryl/α,β-unsaturated/α-hetero) is 1. The van der Waals surface area contributed by atoms with Crippen molar-refractivity contribution >= 4 is 40.1 Å². The number of hydrogen-bond donors (Lipinski definition) is 3. The summed E-state index contributed by atoms with van der Waals surface area (Å²) in [6.45, 7) is 2.24. The average Bonchev–Trinajstić information content (AvgIpc) is 3.26. The van der Waals surface area contributed by atoms with Gasteiger partial charge in [0.15, 0.2) is 17.3 Å². The minimum absolute atomic E-state index is 0.0913. The minimum Gasteiger partial charge on any atom is -0.503 e. The van der Waals surface area contributed by atoms with Crippen molar-refractivity contribution in [3.8, 4) is 11.5 Å². The van der Waals surface area contributed by atoms with Crippen molar-refractivity contribution < 1.29 is 14.6 Å². The van der Waals surface area contributed by atoms with Gasteiger partial charge in [-0.1, -0.05) is 29.8 Å². The van der Waals surface area contributed by atoms with E-state index in [-0.39, 0.29) is 22.5 Å². The summed E-state index contributed by atoms with van der Waals surface area (Å²) < 4.78 is 5.60. The Bertz CT molecular complexity index is 1210. The van der Waals surface area contributed by atoms with Crippen LogP contribution in [0, 0.1) is 0 Å². The number of rotatable bonds is 4. The maximum absolute atomic E-state index is 13.5. The summed E-state index contributed by atoms with van der Waals surface area (Å²) in [5.74, 6) is 0.474. The highest BCUT2D eigenvalue weighted by molar-refractivity contribution is 7.10. The van der Waals surface area contributed by atoms with Crippen molar-refractivity contribution in [3.05, 3.63) is 80.6 Å². The molecule has 2 aliphatic rings. The summed E-state index contributed by atoms with van der Waals surface area (Å²) >= 11 is 8.03. The molecule has 3 aromatic rings. The standard InChI is InChI=1S/C25H23ClN2O3S/c1-2-31-21-13-15(10-16(26)25(21)30)24-23-19(27-17-6-3-4-7-18(17)28-24)11-14(12-20(23)29)22-8-5-9-32-22/h3-10,13-14,24,27-28,30H,2,11-12H2,1H3/t14-,24-/m1/s1. The molecule has 5 rings (SSSR count). The number of hydrogen-bond acceptors (Lipinski definition) is 6. The van der Waals surface area contributed by atoms with E-state index in [2.05, 4.69) is 22.1 Å². The van der Waals surface area contributed by atoms with Crippen molar-refractivity contribution in [1.29, 1.82) is 0 Å². The maximum atomic E-state index is 13.5. The molecule has 0 saturated heterocycles. The second-order valence-corrected chi connectivity index (χ2v) is 9.35. The van der Waals surface area contributed by atoms with E-state index in [9.17, 15) is 9.90 Å². The van der Waals surface area contributed by atoms with E-state index in [0.29, 0.717) is 24.4 Å². The largest absolute Gasteiger partial charge is 0.503 e. The molecule has 2 atom stereocenters. The number of para-hydroxylation sites is 2. The van der Waals surface area contributed by atoms with E-state index in [1.165, 1.54) is 4.88 Å². The number of carbonyl (C=O) groups is 1. The van der Waals surface area contributed by atoms with Crippen molar-refractivity contribution in [2.24, 2.45) is 0 Å². The Balaban J connectivity index is 1.64. The van der Waals surface area contributed by atoms with Gasteiger partial charge in [0.25, 0.3) is 0 Å². The molecular formula is C25H23ClN2O3S. The summed E-state index contributed by atoms with van der Waals surface area (Å²) in [7, 11) is 0. The molecule has 1 aliphatic heterocycles. The fourth-order valence-corrected chi connectivity index (χ4v) is 5.54. The van der Waals surface area contributed by atoms with Crippen LogP contribution in [0.15, 0.2) is 65.2 Å². The molecule has 0 bridgehead atoms. The Morgan fingerprint density at radius 1 is 1.16 bits per heavy atom. The Morgan fingerprint density at radius 2 is 1.97 bits per heavy atom. The zero-order valence-corrected chi connectivity index (χ0v) is 19.1. The molecule has 0 amide bonds. The summed E-state index contributed by atoms with van der Waals surface area (Å²) in [6, 6.07) is 15.1. The number of ketones is 1. The van der Waals surface area contributed by atoms with E-state index in [1.54, 1.807) is 23.5 Å². The zero-order chi connectivity index (χ0) is 22.2. The molecule has 0 spiro atoms. The first-order valence-corrected chi connectivity index (χ1v) is 11.9. The van der Waals surface area contributed by atoms with Crippen molar-refractivity contribution in [3.63, 3.8) is 0 Å². The van der Waals surface area contributed by atoms with Crippen LogP contribution in [0.4, 0.5) is 11.4 Å². The lowest BCUT2D eigenvalue weighted by molar-refractivity contribution is -0.116. The van der Waals surface area contributed by atoms with Gasteiger partial charge in [0.2, 0.25) is 0 Å². The Hall–Kier alpha value is -2.96. The van der Waals surface area contributed by atoms with Gasteiger partial charge in [-0.25, -0.2) is 0 Å². The second kappa shape index (κ2) is 8.52. The molecule has 3 N–H and O–H groups in total. The summed E-state index contributed by atoms with van der Waals surface area (Å²) in [5, 5.41) is 19.6. The first-order valence-electron chi connectivity index (χ1n) is 10.6. The topological polar surface area (TPSA) is 70.6 Å². The van der Waals surface area contributed by atoms with Crippen molar-refractivity contribution in [1.82, 2.24) is 0 Å². The van der Waals surface area contributed by atoms with Crippen LogP contribution >= 0.6 is 22.9 Å². The number of carbonyl (C=O) groups excluding carboxylic acids is 1. The van der Waals surface area contributed by atoms with Crippen LogP contribution in [0.3, 0.4) is 0 Å². The lowest BCUT2D eigenvalue weighted by Gasteiger charge is -2.29. The third-order valence-corrected chi connectivity index (χ3v) is 7.26. The molecule has 0 saturated carbocycles. The molecule has 5 nitrogen and oxygen atoms in total. The molecule has 2 aromatic carbocycles. The molecule has 1 aliphatic carbocycles. The lowest BCUT2D eigenvalue weighted by atomic mass is 9.80. The lowest BCUT2D eigenvalue weighted by Crippen LogP contribution is -2.26. The quantitative estimate of drug-likeness (QED) is 0.410. The van der Waals surface area contributed by atoms with Gasteiger partial charge in [0.1, 0.15) is 0 Å². The van der Waals surface area contributed by atoms with Gasteiger partial charge in [-0.2, -0.15) is 0 Å². The summed E-state index contributed by atoms with van der Waals surface area (Å²) in [4.78, 5) is 14.8. The molecule has 1 aromatic heterocycles. The normalized spacial score (nSPS) is 20.0. The number of halogens is 1. The molecule has 0 radical (unpaired) electrons. The second-order valence-electron chi connectivity index (χ2n) is 7.97. The molecular weight excluding hydrogens is 444 g/mol. The number of benzene rings is 2. The number of allylic oxidation sites excluding steroid dienone is 1. The number of phenols is 1. The van der Waals surface area contributed by atoms with Crippen LogP contribution in [0.25, 0.3) is 0 Å². The van der Waals surface area contributed by atoms with Crippen LogP contribution in [0.2, 0.25) is 5.02 Å². The van der Waals surface area contributed by atoms with Crippen LogP contribution in [0.5, 0.6) is 11.5 Å². The fourth-order valence-electron chi connectivity index (χ4n) is 4.49. The number of aromatic hydroxyl groups is 1. The first-order chi connectivity index (χ1) is 15.5. The highest BCUT2D eigenvalue weighted by Crippen LogP contribution is 2.46. The van der Waals surface area contributed by atoms with Gasteiger partial charge >= 0.3 is 0 Å². The van der Waals surface area contributed by atoms with Crippen molar-refractivity contribution in [2.75, 3.05) is 17.2 Å². The average molecular weight is 467 g/mol. The molecule has 2 heterocycles. The highest BCUT2D eigenvalue weighted by Gasteiger charge is 2.36. The van der Waals surface area contributed by atoms with Crippen LogP contribution in [-0.2, 0) is 4.79 Å². The number of anilines is 2. The Labute approximate surface area is 195 Å². The van der Waals surface area contributed by atoms with Gasteiger partial charge in [-0.05, 0) is 54.6 Å². The number of thiophene rings is 1. The van der Waals surface area contributed by atoms with Crippen LogP contribution in [0.1, 0.15) is 42.2 Å². The first kappa shape index (κ1) is 20.9. The molecule has 0 fully saturated rings. The Kier molecular flexibility index (Phi) is 5.57. The molecule has 7 heteroatoms.